The van der Waals surface area contributed by atoms with E-state index in [-0.39, 0.29) is 0 Å². The van der Waals surface area contributed by atoms with Crippen LogP contribution in [0, 0.1) is 0 Å². The van der Waals surface area contributed by atoms with E-state index in [1.165, 1.54) is 0 Å². The van der Waals surface area contributed by atoms with E-state index in [2.05, 4.69) is 78.6 Å². The van der Waals surface area contributed by atoms with Crippen LogP contribution in [0.3, 0.4) is 0 Å². The summed E-state index contributed by atoms with van der Waals surface area (Å²) in [6, 6.07) is 0. The first kappa shape index (κ1) is 22.6. The van der Waals surface area contributed by atoms with Gasteiger partial charge in [-0.3, -0.25) is 0 Å². The van der Waals surface area contributed by atoms with Crippen molar-refractivity contribution in [3.05, 3.63) is 0 Å². The van der Waals surface area contributed by atoms with E-state index in [9.17, 15) is 0 Å². The first-order valence-corrected chi connectivity index (χ1v) is 27.5. The molecule has 138 valence electrons. The van der Waals surface area contributed by atoms with Crippen molar-refractivity contribution in [2.24, 2.45) is 0 Å². The Morgan fingerprint density at radius 1 is 0.250 bits per heavy atom. The molecule has 0 aliphatic rings. The fourth-order valence-corrected chi connectivity index (χ4v) is 26.9. The molecule has 0 amide bonds. The van der Waals surface area contributed by atoms with E-state index >= 15 is 0 Å². The minimum atomic E-state index is -0.781. The average molecular weight is 427 g/mol. The van der Waals surface area contributed by atoms with E-state index in [0.29, 0.717) is 0 Å². The van der Waals surface area contributed by atoms with Crippen LogP contribution < -0.4 is 31.1 Å². The lowest BCUT2D eigenvalue weighted by atomic mass is 10.3. The normalized spacial score (nSPS) is 12.8. The van der Waals surface area contributed by atoms with Crippen molar-refractivity contribution in [1.82, 2.24) is 0 Å². The molecule has 0 fully saturated rings. The van der Waals surface area contributed by atoms with Crippen LogP contribution in [-0.4, -0.2) is 52.8 Å². The molecule has 0 nitrogen and oxygen atoms in total. The Balaban J connectivity index is 4.24. The number of rotatable bonds is 6. The zero-order valence-corrected chi connectivity index (χ0v) is 25.4. The molecule has 0 radical (unpaired) electrons. The molecule has 0 N–H and O–H groups in total. The Kier molecular flexibility index (Phi) is 8.41. The topological polar surface area (TPSA) is 0 Å². The first-order chi connectivity index (χ1) is 10.9. The number of hydrogen-bond acceptors (Lipinski definition) is 0. The first-order valence-electron chi connectivity index (χ1n) is 10.2. The maximum Gasteiger partial charge on any atom is 0.0643 e. The van der Waals surface area contributed by atoms with Crippen LogP contribution in [0.15, 0.2) is 0 Å². The van der Waals surface area contributed by atoms with Gasteiger partial charge in [-0.1, -0.05) is 110 Å². The quantitative estimate of drug-likeness (QED) is 0.555. The van der Waals surface area contributed by atoms with Gasteiger partial charge in [-0.25, -0.2) is 0 Å². The molecule has 0 spiro atoms. The van der Waals surface area contributed by atoms with Gasteiger partial charge < -0.3 is 0 Å². The molecule has 0 saturated carbocycles. The molecule has 0 bridgehead atoms. The highest BCUT2D eigenvalue weighted by Gasteiger charge is 2.31. The molecule has 0 unspecified atom stereocenters. The minimum Gasteiger partial charge on any atom is -0.0682 e. The van der Waals surface area contributed by atoms with Gasteiger partial charge in [0.15, 0.2) is 0 Å². The summed E-state index contributed by atoms with van der Waals surface area (Å²) in [5.74, 6) is 0. The smallest absolute Gasteiger partial charge is 0.0643 e. The summed E-state index contributed by atoms with van der Waals surface area (Å²) in [5, 5.41) is 12.0. The zero-order valence-electron chi connectivity index (χ0n) is 18.5. The van der Waals surface area contributed by atoms with Gasteiger partial charge in [0.2, 0.25) is 0 Å². The average Bonchev–Trinajstić information content (AvgIpc) is 2.42. The SMILES string of the molecule is C[SiH](C)c1c([SiH](C)C)c([SiH](C)C)c([SiH](C)C)c([SiH](C)C)c1[SiH](C)C. The Labute approximate surface area is 162 Å². The molecule has 0 aromatic heterocycles. The van der Waals surface area contributed by atoms with Gasteiger partial charge in [-0.15, -0.1) is 0 Å². The second kappa shape index (κ2) is 8.94. The molecule has 0 aliphatic heterocycles. The summed E-state index contributed by atoms with van der Waals surface area (Å²) in [6.07, 6.45) is 0. The van der Waals surface area contributed by atoms with Crippen molar-refractivity contribution in [3.8, 4) is 0 Å². The Morgan fingerprint density at radius 2 is 0.333 bits per heavy atom. The predicted molar refractivity (Wildman–Crippen MR) is 138 cm³/mol. The van der Waals surface area contributed by atoms with E-state index in [0.717, 1.165) is 0 Å². The van der Waals surface area contributed by atoms with Crippen molar-refractivity contribution in [3.63, 3.8) is 0 Å². The van der Waals surface area contributed by atoms with Crippen LogP contribution in [0.5, 0.6) is 0 Å². The highest BCUT2D eigenvalue weighted by atomic mass is 28.3. The van der Waals surface area contributed by atoms with Crippen LogP contribution in [0.1, 0.15) is 0 Å². The third-order valence-corrected chi connectivity index (χ3v) is 17.9. The summed E-state index contributed by atoms with van der Waals surface area (Å²) in [4.78, 5) is 0. The predicted octanol–water partition coefficient (Wildman–Crippen LogP) is -0.151. The molecular weight excluding hydrogens is 385 g/mol. The van der Waals surface area contributed by atoms with Gasteiger partial charge in [0.25, 0.3) is 0 Å². The molecule has 0 atom stereocenters. The van der Waals surface area contributed by atoms with Crippen LogP contribution in [0.25, 0.3) is 0 Å². The summed E-state index contributed by atoms with van der Waals surface area (Å²) in [6.45, 7) is 31.3. The highest BCUT2D eigenvalue weighted by molar-refractivity contribution is 7.00. The summed E-state index contributed by atoms with van der Waals surface area (Å²) < 4.78 is 0. The Morgan fingerprint density at radius 3 is 0.375 bits per heavy atom. The molecule has 24 heavy (non-hydrogen) atoms. The fourth-order valence-electron chi connectivity index (χ4n) is 4.60. The lowest BCUT2D eigenvalue weighted by Crippen LogP contribution is -2.76. The number of hydrogen-bond donors (Lipinski definition) is 0. The molecule has 1 aromatic carbocycles. The molecule has 1 rings (SSSR count). The van der Waals surface area contributed by atoms with Crippen molar-refractivity contribution < 1.29 is 0 Å². The largest absolute Gasteiger partial charge is 0.0682 e. The Hall–Kier alpha value is 0.521. The standard InChI is InChI=1S/C18H42Si6/c1-19(2)13-14(20(3)4)16(22(7)8)18(24(11)12)17(23(9)10)15(13)21(5)6/h19-24H,1-12H3. The van der Waals surface area contributed by atoms with Gasteiger partial charge in [-0.2, -0.15) is 0 Å². The zero-order chi connectivity index (χ0) is 18.9. The lowest BCUT2D eigenvalue weighted by Gasteiger charge is -2.35. The maximum atomic E-state index is 2.61. The van der Waals surface area contributed by atoms with Gasteiger partial charge in [-0.05, 0) is 0 Å². The van der Waals surface area contributed by atoms with Crippen molar-refractivity contribution in [2.75, 3.05) is 0 Å². The summed E-state index contributed by atoms with van der Waals surface area (Å²) in [7, 11) is -4.69. The van der Waals surface area contributed by atoms with Crippen molar-refractivity contribution in [2.45, 2.75) is 78.6 Å². The third kappa shape index (κ3) is 4.43. The van der Waals surface area contributed by atoms with Crippen molar-refractivity contribution >= 4 is 83.9 Å². The summed E-state index contributed by atoms with van der Waals surface area (Å²) in [5.41, 5.74) is 0. The highest BCUT2D eigenvalue weighted by Crippen LogP contribution is 1.96. The Bertz CT molecular complexity index is 422. The fraction of sp³-hybridized carbons (Fsp3) is 0.667. The summed E-state index contributed by atoms with van der Waals surface area (Å²) >= 11 is 0. The molecule has 1 aromatic rings. The molecule has 0 aliphatic carbocycles. The monoisotopic (exact) mass is 426 g/mol. The maximum absolute atomic E-state index is 2.61. The molecule has 0 saturated heterocycles. The number of benzene rings is 1. The lowest BCUT2D eigenvalue weighted by molar-refractivity contribution is 1.81. The minimum absolute atomic E-state index is 0.781. The van der Waals surface area contributed by atoms with E-state index in [1.54, 1.807) is 0 Å². The van der Waals surface area contributed by atoms with E-state index in [4.69, 9.17) is 0 Å². The molecular formula is C18H42Si6. The van der Waals surface area contributed by atoms with Crippen LogP contribution >= 0.6 is 0 Å². The van der Waals surface area contributed by atoms with Crippen LogP contribution in [-0.2, 0) is 0 Å². The van der Waals surface area contributed by atoms with Gasteiger partial charge in [0.1, 0.15) is 0 Å². The van der Waals surface area contributed by atoms with Crippen LogP contribution in [0.4, 0.5) is 0 Å². The third-order valence-electron chi connectivity index (χ3n) is 5.21. The van der Waals surface area contributed by atoms with Gasteiger partial charge in [0.05, 0.1) is 52.8 Å². The van der Waals surface area contributed by atoms with Crippen molar-refractivity contribution in [1.29, 1.82) is 0 Å². The van der Waals surface area contributed by atoms with Gasteiger partial charge >= 0.3 is 0 Å². The van der Waals surface area contributed by atoms with E-state index in [1.807, 2.05) is 31.1 Å². The second-order valence-electron chi connectivity index (χ2n) is 9.41. The van der Waals surface area contributed by atoms with Crippen LogP contribution in [0.2, 0.25) is 78.6 Å². The molecule has 6 heteroatoms. The second-order valence-corrected chi connectivity index (χ2v) is 26.7. The molecule has 0 heterocycles. The van der Waals surface area contributed by atoms with E-state index < -0.39 is 52.8 Å². The van der Waals surface area contributed by atoms with Gasteiger partial charge in [0, 0.05) is 0 Å².